The van der Waals surface area contributed by atoms with Gasteiger partial charge in [-0.3, -0.25) is 4.90 Å². The van der Waals surface area contributed by atoms with Crippen molar-refractivity contribution in [2.24, 2.45) is 5.73 Å². The van der Waals surface area contributed by atoms with Gasteiger partial charge in [-0.2, -0.15) is 0 Å². The first kappa shape index (κ1) is 11.6. The Bertz CT molecular complexity index is 332. The number of nitrogens with zero attached hydrogens (tertiary/aromatic N) is 3. The van der Waals surface area contributed by atoms with Gasteiger partial charge in [-0.05, 0) is 12.8 Å². The van der Waals surface area contributed by atoms with E-state index in [9.17, 15) is 0 Å². The van der Waals surface area contributed by atoms with Crippen molar-refractivity contribution >= 4 is 0 Å². The van der Waals surface area contributed by atoms with Gasteiger partial charge in [0.1, 0.15) is 5.82 Å². The molecule has 0 unspecified atom stereocenters. The zero-order valence-electron chi connectivity index (χ0n) is 10.3. The van der Waals surface area contributed by atoms with E-state index in [2.05, 4.69) is 34.5 Å². The number of hydrogen-bond acceptors (Lipinski definition) is 3. The molecule has 4 heteroatoms. The molecule has 1 aromatic heterocycles. The summed E-state index contributed by atoms with van der Waals surface area (Å²) in [6.45, 7) is 8.26. The van der Waals surface area contributed by atoms with E-state index < -0.39 is 0 Å². The summed E-state index contributed by atoms with van der Waals surface area (Å²) < 4.78 is 2.24. The molecule has 0 radical (unpaired) electrons. The quantitative estimate of drug-likeness (QED) is 0.833. The molecule has 2 N–H and O–H groups in total. The van der Waals surface area contributed by atoms with Crippen LogP contribution in [0, 0.1) is 0 Å². The van der Waals surface area contributed by atoms with Crippen LogP contribution in [0.5, 0.6) is 0 Å². The van der Waals surface area contributed by atoms with Crippen LogP contribution in [0.4, 0.5) is 0 Å². The molecule has 2 heterocycles. The topological polar surface area (TPSA) is 47.1 Å². The van der Waals surface area contributed by atoms with Crippen molar-refractivity contribution in [1.82, 2.24) is 14.5 Å². The lowest BCUT2D eigenvalue weighted by atomic mass is 9.90. The summed E-state index contributed by atoms with van der Waals surface area (Å²) in [6.07, 6.45) is 6.18. The average Bonchev–Trinajstić information content (AvgIpc) is 2.79. The maximum Gasteiger partial charge on any atom is 0.122 e. The summed E-state index contributed by atoms with van der Waals surface area (Å²) in [5.74, 6) is 1.17. The lowest BCUT2D eigenvalue weighted by Crippen LogP contribution is -2.55. The van der Waals surface area contributed by atoms with Crippen LogP contribution in [-0.4, -0.2) is 33.1 Å². The van der Waals surface area contributed by atoms with Crippen LogP contribution in [0.1, 0.15) is 32.5 Å². The number of rotatable bonds is 4. The van der Waals surface area contributed by atoms with E-state index in [1.807, 2.05) is 6.20 Å². The van der Waals surface area contributed by atoms with Gasteiger partial charge in [0.25, 0.3) is 0 Å². The number of fused-ring (bicyclic) bond motifs is 1. The molecule has 2 rings (SSSR count). The normalized spacial score (nSPS) is 17.4. The van der Waals surface area contributed by atoms with Crippen LogP contribution >= 0.6 is 0 Å². The van der Waals surface area contributed by atoms with E-state index in [0.717, 1.165) is 39.0 Å². The van der Waals surface area contributed by atoms with Gasteiger partial charge < -0.3 is 10.3 Å². The number of hydrogen-bond donors (Lipinski definition) is 1. The van der Waals surface area contributed by atoms with E-state index in [1.165, 1.54) is 5.82 Å². The Hall–Kier alpha value is -0.870. The summed E-state index contributed by atoms with van der Waals surface area (Å²) in [5, 5.41) is 0. The second kappa shape index (κ2) is 4.55. The molecule has 0 aromatic carbocycles. The SMILES string of the molecule is CCC(CC)(CN)N1CCn2ccnc2C1. The largest absolute Gasteiger partial charge is 0.333 e. The summed E-state index contributed by atoms with van der Waals surface area (Å²) in [7, 11) is 0. The lowest BCUT2D eigenvalue weighted by Gasteiger charge is -2.44. The van der Waals surface area contributed by atoms with Gasteiger partial charge in [-0.1, -0.05) is 13.8 Å². The predicted octanol–water partition coefficient (Wildman–Crippen LogP) is 1.22. The minimum atomic E-state index is 0.164. The molecular weight excluding hydrogens is 200 g/mol. The Kier molecular flexibility index (Phi) is 3.30. The third-order valence-corrected chi connectivity index (χ3v) is 4.11. The third-order valence-electron chi connectivity index (χ3n) is 4.11. The Morgan fingerprint density at radius 3 is 2.75 bits per heavy atom. The first-order chi connectivity index (χ1) is 7.75. The van der Waals surface area contributed by atoms with Crippen molar-refractivity contribution in [2.75, 3.05) is 13.1 Å². The van der Waals surface area contributed by atoms with Crippen LogP contribution in [0.3, 0.4) is 0 Å². The highest BCUT2D eigenvalue weighted by Gasteiger charge is 2.34. The molecule has 16 heavy (non-hydrogen) atoms. The first-order valence-electron chi connectivity index (χ1n) is 6.21. The summed E-state index contributed by atoms with van der Waals surface area (Å²) in [5.41, 5.74) is 6.15. The zero-order valence-corrected chi connectivity index (χ0v) is 10.3. The molecule has 1 aromatic rings. The standard InChI is InChI=1S/C12H22N4/c1-3-12(4-2,10-13)16-8-7-15-6-5-14-11(15)9-16/h5-6H,3-4,7-10,13H2,1-2H3. The monoisotopic (exact) mass is 222 g/mol. The van der Waals surface area contributed by atoms with Crippen molar-refractivity contribution in [2.45, 2.75) is 45.3 Å². The fraction of sp³-hybridized carbons (Fsp3) is 0.750. The van der Waals surface area contributed by atoms with Crippen LogP contribution in [0.15, 0.2) is 12.4 Å². The summed E-state index contributed by atoms with van der Waals surface area (Å²) >= 11 is 0. The Balaban J connectivity index is 2.18. The van der Waals surface area contributed by atoms with Crippen molar-refractivity contribution < 1.29 is 0 Å². The molecule has 1 aliphatic heterocycles. The maximum absolute atomic E-state index is 5.99. The molecule has 0 aliphatic carbocycles. The van der Waals surface area contributed by atoms with Crippen LogP contribution in [0.25, 0.3) is 0 Å². The molecule has 0 saturated carbocycles. The van der Waals surface area contributed by atoms with Gasteiger partial charge in [0.05, 0.1) is 6.54 Å². The fourth-order valence-corrected chi connectivity index (χ4v) is 2.69. The van der Waals surface area contributed by atoms with Crippen molar-refractivity contribution in [3.05, 3.63) is 18.2 Å². The van der Waals surface area contributed by atoms with Crippen molar-refractivity contribution in [3.8, 4) is 0 Å². The van der Waals surface area contributed by atoms with Gasteiger partial charge in [0, 0.05) is 37.6 Å². The van der Waals surface area contributed by atoms with E-state index in [-0.39, 0.29) is 5.54 Å². The second-order valence-corrected chi connectivity index (χ2v) is 4.59. The van der Waals surface area contributed by atoms with Gasteiger partial charge in [-0.15, -0.1) is 0 Å². The van der Waals surface area contributed by atoms with Crippen LogP contribution < -0.4 is 5.73 Å². The highest BCUT2D eigenvalue weighted by molar-refractivity contribution is 5.00. The zero-order chi connectivity index (χ0) is 11.6. The first-order valence-corrected chi connectivity index (χ1v) is 6.21. The smallest absolute Gasteiger partial charge is 0.122 e. The number of aromatic nitrogens is 2. The molecule has 0 fully saturated rings. The molecule has 0 bridgehead atoms. The fourth-order valence-electron chi connectivity index (χ4n) is 2.69. The van der Waals surface area contributed by atoms with E-state index in [4.69, 9.17) is 5.73 Å². The molecule has 0 atom stereocenters. The van der Waals surface area contributed by atoms with Crippen molar-refractivity contribution in [3.63, 3.8) is 0 Å². The summed E-state index contributed by atoms with van der Waals surface area (Å²) in [4.78, 5) is 6.91. The molecule has 0 saturated heterocycles. The van der Waals surface area contributed by atoms with Crippen LogP contribution in [0.2, 0.25) is 0 Å². The minimum Gasteiger partial charge on any atom is -0.333 e. The molecule has 0 spiro atoms. The second-order valence-electron chi connectivity index (χ2n) is 4.59. The molecular formula is C12H22N4. The van der Waals surface area contributed by atoms with Gasteiger partial charge >= 0.3 is 0 Å². The van der Waals surface area contributed by atoms with E-state index in [0.29, 0.717) is 0 Å². The lowest BCUT2D eigenvalue weighted by molar-refractivity contribution is 0.0558. The van der Waals surface area contributed by atoms with Crippen molar-refractivity contribution in [1.29, 1.82) is 0 Å². The number of nitrogens with two attached hydrogens (primary N) is 1. The highest BCUT2D eigenvalue weighted by Crippen LogP contribution is 2.26. The molecule has 90 valence electrons. The highest BCUT2D eigenvalue weighted by atomic mass is 15.3. The third kappa shape index (κ3) is 1.76. The van der Waals surface area contributed by atoms with Gasteiger partial charge in [-0.25, -0.2) is 4.98 Å². The van der Waals surface area contributed by atoms with E-state index >= 15 is 0 Å². The Labute approximate surface area is 97.4 Å². The molecule has 4 nitrogen and oxygen atoms in total. The van der Waals surface area contributed by atoms with Gasteiger partial charge in [0.2, 0.25) is 0 Å². The Morgan fingerprint density at radius 1 is 1.38 bits per heavy atom. The van der Waals surface area contributed by atoms with E-state index in [1.54, 1.807) is 0 Å². The van der Waals surface area contributed by atoms with Gasteiger partial charge in [0.15, 0.2) is 0 Å². The minimum absolute atomic E-state index is 0.164. The molecule has 1 aliphatic rings. The predicted molar refractivity (Wildman–Crippen MR) is 65.0 cm³/mol. The summed E-state index contributed by atoms with van der Waals surface area (Å²) in [6, 6.07) is 0. The van der Waals surface area contributed by atoms with Crippen LogP contribution in [-0.2, 0) is 13.1 Å². The molecule has 0 amide bonds. The average molecular weight is 222 g/mol. The maximum atomic E-state index is 5.99. The number of imidazole rings is 1. The Morgan fingerprint density at radius 2 is 2.12 bits per heavy atom.